The van der Waals surface area contributed by atoms with Crippen LogP contribution in [-0.2, 0) is 0 Å². The minimum atomic E-state index is 1.15. The molecular formula is C58H35N. The van der Waals surface area contributed by atoms with Gasteiger partial charge in [0.25, 0.3) is 0 Å². The number of rotatable bonds is 5. The molecule has 0 atom stereocenters. The van der Waals surface area contributed by atoms with E-state index >= 15 is 0 Å². The Balaban J connectivity index is 1.06. The van der Waals surface area contributed by atoms with Crippen molar-refractivity contribution in [1.82, 2.24) is 0 Å². The molecule has 59 heavy (non-hydrogen) atoms. The van der Waals surface area contributed by atoms with E-state index in [-0.39, 0.29) is 0 Å². The van der Waals surface area contributed by atoms with Crippen LogP contribution in [0.15, 0.2) is 212 Å². The summed E-state index contributed by atoms with van der Waals surface area (Å²) in [5.74, 6) is 0. The summed E-state index contributed by atoms with van der Waals surface area (Å²) in [5, 5.41) is 10.0. The Morgan fingerprint density at radius 1 is 0.237 bits per heavy atom. The van der Waals surface area contributed by atoms with Crippen molar-refractivity contribution in [2.24, 2.45) is 0 Å². The summed E-state index contributed by atoms with van der Waals surface area (Å²) in [7, 11) is 0. The van der Waals surface area contributed by atoms with Gasteiger partial charge in [-0.3, -0.25) is 0 Å². The molecule has 0 aliphatic heterocycles. The van der Waals surface area contributed by atoms with Crippen LogP contribution in [0.3, 0.4) is 0 Å². The van der Waals surface area contributed by atoms with Crippen LogP contribution in [0.2, 0.25) is 0 Å². The van der Waals surface area contributed by atoms with E-state index < -0.39 is 0 Å². The number of fused-ring (bicyclic) bond motifs is 12. The van der Waals surface area contributed by atoms with Gasteiger partial charge in [-0.25, -0.2) is 0 Å². The highest BCUT2D eigenvalue weighted by Gasteiger charge is 2.36. The summed E-state index contributed by atoms with van der Waals surface area (Å²) in [6, 6.07) is 78.7. The van der Waals surface area contributed by atoms with Crippen molar-refractivity contribution in [2.75, 3.05) is 4.90 Å². The van der Waals surface area contributed by atoms with Crippen molar-refractivity contribution < 1.29 is 0 Å². The molecule has 0 heterocycles. The number of benzene rings is 11. The molecule has 0 radical (unpaired) electrons. The molecule has 272 valence electrons. The second kappa shape index (κ2) is 12.4. The van der Waals surface area contributed by atoms with Gasteiger partial charge in [0.15, 0.2) is 0 Å². The third-order valence-electron chi connectivity index (χ3n) is 12.8. The van der Waals surface area contributed by atoms with Gasteiger partial charge < -0.3 is 4.90 Å². The maximum absolute atomic E-state index is 2.60. The van der Waals surface area contributed by atoms with E-state index in [1.54, 1.807) is 0 Å². The number of hydrogen-bond donors (Lipinski definition) is 0. The second-order valence-electron chi connectivity index (χ2n) is 16.1. The van der Waals surface area contributed by atoms with Crippen LogP contribution in [-0.4, -0.2) is 0 Å². The van der Waals surface area contributed by atoms with Crippen LogP contribution in [0.4, 0.5) is 17.1 Å². The molecule has 1 nitrogen and oxygen atoms in total. The predicted molar refractivity (Wildman–Crippen MR) is 251 cm³/mol. The van der Waals surface area contributed by atoms with Crippen molar-refractivity contribution in [3.63, 3.8) is 0 Å². The summed E-state index contributed by atoms with van der Waals surface area (Å²) < 4.78 is 0. The molecule has 11 aromatic carbocycles. The van der Waals surface area contributed by atoms with E-state index in [0.29, 0.717) is 0 Å². The number of nitrogens with zero attached hydrogens (tertiary/aromatic N) is 1. The molecule has 0 fully saturated rings. The molecule has 13 rings (SSSR count). The molecule has 0 saturated carbocycles. The molecular weight excluding hydrogens is 711 g/mol. The van der Waals surface area contributed by atoms with Crippen LogP contribution < -0.4 is 4.90 Å². The van der Waals surface area contributed by atoms with Gasteiger partial charge in [0.05, 0.1) is 11.4 Å². The van der Waals surface area contributed by atoms with E-state index in [9.17, 15) is 0 Å². The van der Waals surface area contributed by atoms with Crippen molar-refractivity contribution in [1.29, 1.82) is 0 Å². The van der Waals surface area contributed by atoms with Crippen LogP contribution in [0, 0.1) is 0 Å². The summed E-state index contributed by atoms with van der Waals surface area (Å²) in [4.78, 5) is 2.60. The number of hydrogen-bond acceptors (Lipinski definition) is 1. The lowest BCUT2D eigenvalue weighted by Gasteiger charge is -2.39. The van der Waals surface area contributed by atoms with Crippen molar-refractivity contribution in [2.45, 2.75) is 0 Å². The zero-order chi connectivity index (χ0) is 38.6. The Labute approximate surface area is 342 Å². The van der Waals surface area contributed by atoms with Crippen molar-refractivity contribution >= 4 is 60.2 Å². The molecule has 0 aromatic heterocycles. The predicted octanol–water partition coefficient (Wildman–Crippen LogP) is 16.4. The van der Waals surface area contributed by atoms with Crippen LogP contribution in [0.1, 0.15) is 0 Å². The lowest BCUT2D eigenvalue weighted by Crippen LogP contribution is -2.18. The second-order valence-corrected chi connectivity index (χ2v) is 16.1. The topological polar surface area (TPSA) is 3.24 Å². The third-order valence-corrected chi connectivity index (χ3v) is 12.8. The lowest BCUT2D eigenvalue weighted by molar-refractivity contribution is 1.30. The number of para-hydroxylation sites is 1. The molecule has 1 heteroatoms. The first-order valence-corrected chi connectivity index (χ1v) is 20.5. The molecule has 0 unspecified atom stereocenters. The summed E-state index contributed by atoms with van der Waals surface area (Å²) in [5.41, 5.74) is 19.1. The first-order valence-electron chi connectivity index (χ1n) is 20.5. The Morgan fingerprint density at radius 2 is 0.627 bits per heavy atom. The average Bonchev–Trinajstić information content (AvgIpc) is 3.30. The average molecular weight is 746 g/mol. The van der Waals surface area contributed by atoms with E-state index in [2.05, 4.69) is 217 Å². The monoisotopic (exact) mass is 745 g/mol. The van der Waals surface area contributed by atoms with Gasteiger partial charge in [0, 0.05) is 27.6 Å². The standard InChI is InChI=1S/C58H35N/c1-4-14-36(15-5-1)38-24-26-40-30-51-49(34-44(40)28-38)53-32-42-18-10-12-22-47(42)57(55(51)53)59(46-20-8-3-9-21-46)58-48-23-13-11-19-43(48)33-54-50-35-45-29-39(37-16-6-2-7-17-37)25-27-41(45)31-52(50)56(54)58/h1-35H. The fourth-order valence-corrected chi connectivity index (χ4v) is 9.99. The molecule has 0 N–H and O–H groups in total. The molecule has 0 bridgehead atoms. The zero-order valence-electron chi connectivity index (χ0n) is 32.2. The largest absolute Gasteiger partial charge is 0.308 e. The molecule has 2 aliphatic rings. The Hall–Kier alpha value is -7.74. The van der Waals surface area contributed by atoms with E-state index in [0.717, 1.165) is 5.69 Å². The van der Waals surface area contributed by atoms with E-state index in [1.807, 2.05) is 0 Å². The normalized spacial score (nSPS) is 12.1. The van der Waals surface area contributed by atoms with Gasteiger partial charge >= 0.3 is 0 Å². The Morgan fingerprint density at radius 3 is 1.10 bits per heavy atom. The molecule has 0 saturated heterocycles. The minimum absolute atomic E-state index is 1.15. The quantitative estimate of drug-likeness (QED) is 0.170. The van der Waals surface area contributed by atoms with Gasteiger partial charge in [-0.2, -0.15) is 0 Å². The van der Waals surface area contributed by atoms with Gasteiger partial charge in [-0.15, -0.1) is 0 Å². The Kier molecular flexibility index (Phi) is 6.79. The third kappa shape index (κ3) is 4.79. The van der Waals surface area contributed by atoms with Gasteiger partial charge in [-0.1, -0.05) is 152 Å². The first kappa shape index (κ1) is 32.4. The van der Waals surface area contributed by atoms with Gasteiger partial charge in [-0.05, 0) is 149 Å². The summed E-state index contributed by atoms with van der Waals surface area (Å²) in [6.07, 6.45) is 0. The Bertz CT molecular complexity index is 3310. The van der Waals surface area contributed by atoms with E-state index in [4.69, 9.17) is 0 Å². The summed E-state index contributed by atoms with van der Waals surface area (Å²) in [6.45, 7) is 0. The highest BCUT2D eigenvalue weighted by molar-refractivity contribution is 6.25. The van der Waals surface area contributed by atoms with Crippen LogP contribution in [0.5, 0.6) is 0 Å². The SMILES string of the molecule is c1ccc(-c2ccc3cc4c(cc3c2)-c2cc3ccccc3c(N(c3ccccc3)c3c5c(cc6ccccc36)-c3cc6cc(-c7ccccc7)ccc6cc3-5)c2-4)cc1. The lowest BCUT2D eigenvalue weighted by atomic mass is 9.74. The van der Waals surface area contributed by atoms with Crippen molar-refractivity contribution in [3.05, 3.63) is 212 Å². The van der Waals surface area contributed by atoms with Gasteiger partial charge in [0.1, 0.15) is 0 Å². The fourth-order valence-electron chi connectivity index (χ4n) is 9.99. The molecule has 11 aromatic rings. The molecule has 0 spiro atoms. The van der Waals surface area contributed by atoms with Gasteiger partial charge in [0.2, 0.25) is 0 Å². The van der Waals surface area contributed by atoms with Crippen molar-refractivity contribution in [3.8, 4) is 66.8 Å². The van der Waals surface area contributed by atoms with Crippen LogP contribution in [0.25, 0.3) is 110 Å². The maximum atomic E-state index is 2.60. The smallest absolute Gasteiger partial charge is 0.0625 e. The molecule has 2 aliphatic carbocycles. The van der Waals surface area contributed by atoms with E-state index in [1.165, 1.54) is 121 Å². The fraction of sp³-hybridized carbons (Fsp3) is 0. The first-order chi connectivity index (χ1) is 29.2. The number of anilines is 3. The zero-order valence-corrected chi connectivity index (χ0v) is 32.2. The van der Waals surface area contributed by atoms with Crippen LogP contribution >= 0.6 is 0 Å². The molecule has 0 amide bonds. The highest BCUT2D eigenvalue weighted by atomic mass is 15.2. The highest BCUT2D eigenvalue weighted by Crippen LogP contribution is 2.62. The maximum Gasteiger partial charge on any atom is 0.0625 e. The minimum Gasteiger partial charge on any atom is -0.308 e. The summed E-state index contributed by atoms with van der Waals surface area (Å²) >= 11 is 0.